The molecule has 0 saturated carbocycles. The zero-order valence-electron chi connectivity index (χ0n) is 16.6. The second kappa shape index (κ2) is 9.73. The van der Waals surface area contributed by atoms with E-state index in [9.17, 15) is 4.79 Å². The summed E-state index contributed by atoms with van der Waals surface area (Å²) >= 11 is 1.51. The summed E-state index contributed by atoms with van der Waals surface area (Å²) in [7, 11) is 1.64. The second-order valence-corrected chi connectivity index (χ2v) is 8.06. The van der Waals surface area contributed by atoms with E-state index in [1.165, 1.54) is 11.8 Å². The number of rotatable bonds is 7. The zero-order chi connectivity index (χ0) is 19.9. The molecule has 0 bridgehead atoms. The van der Waals surface area contributed by atoms with Gasteiger partial charge in [0.25, 0.3) is 0 Å². The van der Waals surface area contributed by atoms with Gasteiger partial charge >= 0.3 is 0 Å². The molecule has 0 aromatic heterocycles. The van der Waals surface area contributed by atoms with Gasteiger partial charge in [0.1, 0.15) is 5.75 Å². The molecule has 0 fully saturated rings. The molecular weight excluding hydrogens is 374 g/mol. The van der Waals surface area contributed by atoms with Crippen molar-refractivity contribution in [2.45, 2.75) is 31.2 Å². The number of hydrogen-bond acceptors (Lipinski definition) is 5. The van der Waals surface area contributed by atoms with E-state index in [4.69, 9.17) is 14.2 Å². The van der Waals surface area contributed by atoms with Crippen molar-refractivity contribution in [3.8, 4) is 17.2 Å². The molecule has 1 amide bonds. The van der Waals surface area contributed by atoms with Crippen molar-refractivity contribution in [2.24, 2.45) is 5.92 Å². The third-order valence-electron chi connectivity index (χ3n) is 4.54. The van der Waals surface area contributed by atoms with Crippen LogP contribution in [0.5, 0.6) is 17.2 Å². The number of methoxy groups -OCH3 is 1. The molecule has 0 saturated heterocycles. The van der Waals surface area contributed by atoms with Crippen LogP contribution in [-0.2, 0) is 4.79 Å². The van der Waals surface area contributed by atoms with Crippen LogP contribution < -0.4 is 19.5 Å². The Morgan fingerprint density at radius 2 is 1.82 bits per heavy atom. The molecule has 0 unspecified atom stereocenters. The number of benzene rings is 2. The van der Waals surface area contributed by atoms with Crippen LogP contribution in [0.25, 0.3) is 0 Å². The van der Waals surface area contributed by atoms with Crippen molar-refractivity contribution in [2.75, 3.05) is 26.1 Å². The maximum absolute atomic E-state index is 12.6. The average Bonchev–Trinajstić information content (AvgIpc) is 2.95. The van der Waals surface area contributed by atoms with Gasteiger partial charge in [0, 0.05) is 11.3 Å². The fourth-order valence-electron chi connectivity index (χ4n) is 3.04. The van der Waals surface area contributed by atoms with Gasteiger partial charge < -0.3 is 19.5 Å². The highest BCUT2D eigenvalue weighted by Crippen LogP contribution is 2.34. The maximum atomic E-state index is 12.6. The van der Waals surface area contributed by atoms with Crippen molar-refractivity contribution in [1.82, 2.24) is 5.32 Å². The molecule has 1 atom stereocenters. The summed E-state index contributed by atoms with van der Waals surface area (Å²) in [6.07, 6.45) is 0.872. The quantitative estimate of drug-likeness (QED) is 0.694. The topological polar surface area (TPSA) is 56.8 Å². The smallest absolute Gasteiger partial charge is 0.230 e. The Kier molecular flexibility index (Phi) is 7.09. The van der Waals surface area contributed by atoms with Crippen molar-refractivity contribution >= 4 is 17.7 Å². The van der Waals surface area contributed by atoms with Crippen LogP contribution in [0, 0.1) is 5.92 Å². The van der Waals surface area contributed by atoms with Crippen LogP contribution in [0.15, 0.2) is 47.4 Å². The molecule has 3 rings (SSSR count). The van der Waals surface area contributed by atoms with Crippen LogP contribution in [0.2, 0.25) is 0 Å². The molecule has 5 nitrogen and oxygen atoms in total. The van der Waals surface area contributed by atoms with Gasteiger partial charge in [0.2, 0.25) is 5.91 Å². The normalized spacial score (nSPS) is 14.3. The van der Waals surface area contributed by atoms with Crippen LogP contribution in [-0.4, -0.2) is 32.0 Å². The van der Waals surface area contributed by atoms with E-state index in [0.717, 1.165) is 34.1 Å². The highest BCUT2D eigenvalue weighted by molar-refractivity contribution is 8.00. The number of ether oxygens (including phenoxy) is 3. The van der Waals surface area contributed by atoms with Crippen LogP contribution >= 0.6 is 11.8 Å². The van der Waals surface area contributed by atoms with Gasteiger partial charge in [0.15, 0.2) is 11.5 Å². The highest BCUT2D eigenvalue weighted by atomic mass is 32.2. The molecular formula is C22H27NO4S. The van der Waals surface area contributed by atoms with Crippen molar-refractivity contribution in [1.29, 1.82) is 0 Å². The van der Waals surface area contributed by atoms with Crippen LogP contribution in [0.4, 0.5) is 0 Å². The molecule has 6 heteroatoms. The number of hydrogen-bond donors (Lipinski definition) is 1. The molecule has 0 spiro atoms. The van der Waals surface area contributed by atoms with E-state index in [0.29, 0.717) is 19.0 Å². The van der Waals surface area contributed by atoms with Crippen molar-refractivity contribution < 1.29 is 19.0 Å². The number of carbonyl (C=O) groups excluding carboxylic acids is 1. The first-order valence-electron chi connectivity index (χ1n) is 9.52. The Morgan fingerprint density at radius 3 is 2.50 bits per heavy atom. The molecule has 1 N–H and O–H groups in total. The Balaban J connectivity index is 1.63. The summed E-state index contributed by atoms with van der Waals surface area (Å²) < 4.78 is 16.7. The predicted molar refractivity (Wildman–Crippen MR) is 111 cm³/mol. The van der Waals surface area contributed by atoms with Crippen LogP contribution in [0.1, 0.15) is 31.9 Å². The first-order valence-corrected chi connectivity index (χ1v) is 10.5. The minimum absolute atomic E-state index is 0.00614. The van der Waals surface area contributed by atoms with Gasteiger partial charge in [-0.15, -0.1) is 11.8 Å². The SMILES string of the molecule is COc1ccc(SCC(=O)N[C@H](c2ccc3c(c2)OCCCO3)C(C)C)cc1. The lowest BCUT2D eigenvalue weighted by Crippen LogP contribution is -2.33. The van der Waals surface area contributed by atoms with E-state index in [1.807, 2.05) is 42.5 Å². The molecule has 1 heterocycles. The Bertz CT molecular complexity index is 792. The molecule has 2 aromatic rings. The third-order valence-corrected chi connectivity index (χ3v) is 5.56. The van der Waals surface area contributed by atoms with Crippen molar-refractivity contribution in [3.63, 3.8) is 0 Å². The van der Waals surface area contributed by atoms with Crippen molar-refractivity contribution in [3.05, 3.63) is 48.0 Å². The van der Waals surface area contributed by atoms with E-state index in [-0.39, 0.29) is 17.9 Å². The molecule has 150 valence electrons. The molecule has 2 aromatic carbocycles. The summed E-state index contributed by atoms with van der Waals surface area (Å²) in [4.78, 5) is 13.6. The largest absolute Gasteiger partial charge is 0.497 e. The number of carbonyl (C=O) groups is 1. The molecule has 0 radical (unpaired) electrons. The van der Waals surface area contributed by atoms with E-state index < -0.39 is 0 Å². The van der Waals surface area contributed by atoms with Gasteiger partial charge in [-0.25, -0.2) is 0 Å². The fourth-order valence-corrected chi connectivity index (χ4v) is 3.75. The summed E-state index contributed by atoms with van der Waals surface area (Å²) in [6, 6.07) is 13.6. The summed E-state index contributed by atoms with van der Waals surface area (Å²) in [5.41, 5.74) is 1.03. The number of nitrogens with one attached hydrogen (secondary N) is 1. The minimum Gasteiger partial charge on any atom is -0.497 e. The molecule has 1 aliphatic heterocycles. The third kappa shape index (κ3) is 5.35. The fraction of sp³-hybridized carbons (Fsp3) is 0.409. The Hall–Kier alpha value is -2.34. The number of fused-ring (bicyclic) bond motifs is 1. The van der Waals surface area contributed by atoms with Crippen LogP contribution in [0.3, 0.4) is 0 Å². The summed E-state index contributed by atoms with van der Waals surface area (Å²) in [5.74, 6) is 2.95. The second-order valence-electron chi connectivity index (χ2n) is 7.01. The number of amides is 1. The lowest BCUT2D eigenvalue weighted by atomic mass is 9.95. The predicted octanol–water partition coefficient (Wildman–Crippen LogP) is 4.46. The molecule has 1 aliphatic rings. The summed E-state index contributed by atoms with van der Waals surface area (Å²) in [6.45, 7) is 5.52. The Labute approximate surface area is 170 Å². The number of thioether (sulfide) groups is 1. The molecule has 0 aliphatic carbocycles. The summed E-state index contributed by atoms with van der Waals surface area (Å²) in [5, 5.41) is 3.17. The van der Waals surface area contributed by atoms with Gasteiger partial charge in [-0.2, -0.15) is 0 Å². The highest BCUT2D eigenvalue weighted by Gasteiger charge is 2.21. The monoisotopic (exact) mass is 401 g/mol. The Morgan fingerprint density at radius 1 is 1.11 bits per heavy atom. The van der Waals surface area contributed by atoms with Gasteiger partial charge in [-0.1, -0.05) is 19.9 Å². The van der Waals surface area contributed by atoms with E-state index in [2.05, 4.69) is 19.2 Å². The lowest BCUT2D eigenvalue weighted by molar-refractivity contribution is -0.119. The first-order chi connectivity index (χ1) is 13.6. The average molecular weight is 402 g/mol. The lowest BCUT2D eigenvalue weighted by Gasteiger charge is -2.24. The standard InChI is InChI=1S/C22H27NO4S/c1-15(2)22(16-5-10-19-20(13-16)27-12-4-11-26-19)23-21(24)14-28-18-8-6-17(25-3)7-9-18/h5-10,13,15,22H,4,11-12,14H2,1-3H3,(H,23,24)/t22-/m0/s1. The molecule has 28 heavy (non-hydrogen) atoms. The van der Waals surface area contributed by atoms with E-state index >= 15 is 0 Å². The maximum Gasteiger partial charge on any atom is 0.230 e. The zero-order valence-corrected chi connectivity index (χ0v) is 17.4. The van der Waals surface area contributed by atoms with E-state index in [1.54, 1.807) is 7.11 Å². The first kappa shape index (κ1) is 20.4. The van der Waals surface area contributed by atoms with Gasteiger partial charge in [0.05, 0.1) is 32.1 Å². The minimum atomic E-state index is -0.0823. The van der Waals surface area contributed by atoms with Gasteiger partial charge in [-0.3, -0.25) is 4.79 Å². The van der Waals surface area contributed by atoms with Gasteiger partial charge in [-0.05, 0) is 47.9 Å².